The van der Waals surface area contributed by atoms with E-state index in [1.54, 1.807) is 50.6 Å². The van der Waals surface area contributed by atoms with E-state index in [9.17, 15) is 14.4 Å². The summed E-state index contributed by atoms with van der Waals surface area (Å²) in [6, 6.07) is 11.9. The number of aromatic nitrogens is 2. The van der Waals surface area contributed by atoms with E-state index in [1.807, 2.05) is 19.9 Å². The van der Waals surface area contributed by atoms with Crippen molar-refractivity contribution in [1.82, 2.24) is 14.5 Å². The summed E-state index contributed by atoms with van der Waals surface area (Å²) < 4.78 is 13.1. The van der Waals surface area contributed by atoms with Crippen LogP contribution in [0.5, 0.6) is 11.5 Å². The second-order valence-electron chi connectivity index (χ2n) is 7.28. The fourth-order valence-electron chi connectivity index (χ4n) is 3.45. The van der Waals surface area contributed by atoms with Crippen LogP contribution in [0, 0.1) is 0 Å². The Morgan fingerprint density at radius 1 is 1.06 bits per heavy atom. The third-order valence-corrected chi connectivity index (χ3v) is 5.35. The summed E-state index contributed by atoms with van der Waals surface area (Å²) in [6.45, 7) is 3.80. The van der Waals surface area contributed by atoms with Crippen LogP contribution < -0.4 is 26.0 Å². The molecule has 0 saturated heterocycles. The standard InChI is InChI=1S/C23H27N3O5/c1-5-15(2)26-22(28)17-8-6-7-9-18(17)25(23(26)29)14-21(27)24-13-16-10-11-19(30-3)20(12-16)31-4/h6-12,15H,5,13-14H2,1-4H3,(H,24,27). The molecule has 3 rings (SSSR count). The molecule has 0 aliphatic heterocycles. The first-order valence-corrected chi connectivity index (χ1v) is 10.1. The van der Waals surface area contributed by atoms with E-state index >= 15 is 0 Å². The number of benzene rings is 2. The number of carbonyl (C=O) groups excluding carboxylic acids is 1. The van der Waals surface area contributed by atoms with Crippen molar-refractivity contribution in [2.24, 2.45) is 0 Å². The topological polar surface area (TPSA) is 91.6 Å². The van der Waals surface area contributed by atoms with Gasteiger partial charge in [0.25, 0.3) is 5.56 Å². The van der Waals surface area contributed by atoms with Crippen molar-refractivity contribution >= 4 is 16.8 Å². The second-order valence-corrected chi connectivity index (χ2v) is 7.28. The molecule has 1 atom stereocenters. The van der Waals surface area contributed by atoms with Crippen molar-refractivity contribution in [2.45, 2.75) is 39.4 Å². The number of nitrogens with zero attached hydrogens (tertiary/aromatic N) is 2. The van der Waals surface area contributed by atoms with Gasteiger partial charge in [-0.2, -0.15) is 0 Å². The van der Waals surface area contributed by atoms with Crippen LogP contribution in [0.1, 0.15) is 31.9 Å². The minimum absolute atomic E-state index is 0.191. The molecule has 0 saturated carbocycles. The van der Waals surface area contributed by atoms with Crippen LogP contribution in [0.2, 0.25) is 0 Å². The van der Waals surface area contributed by atoms with Crippen LogP contribution in [0.4, 0.5) is 0 Å². The second kappa shape index (κ2) is 9.51. The number of ether oxygens (including phenoxy) is 2. The Balaban J connectivity index is 1.89. The van der Waals surface area contributed by atoms with Gasteiger partial charge in [0, 0.05) is 12.6 Å². The lowest BCUT2D eigenvalue weighted by atomic mass is 10.2. The van der Waals surface area contributed by atoms with Gasteiger partial charge in [0.2, 0.25) is 5.91 Å². The SMILES string of the molecule is CCC(C)n1c(=O)c2ccccc2n(CC(=O)NCc2ccc(OC)c(OC)c2)c1=O. The monoisotopic (exact) mass is 425 g/mol. The first kappa shape index (κ1) is 22.1. The van der Waals surface area contributed by atoms with E-state index in [1.165, 1.54) is 9.13 Å². The predicted octanol–water partition coefficient (Wildman–Crippen LogP) is 2.47. The summed E-state index contributed by atoms with van der Waals surface area (Å²) in [5.74, 6) is 0.830. The molecule has 0 fully saturated rings. The molecule has 0 radical (unpaired) electrons. The van der Waals surface area contributed by atoms with E-state index in [0.717, 1.165) is 5.56 Å². The smallest absolute Gasteiger partial charge is 0.332 e. The maximum absolute atomic E-state index is 13.1. The van der Waals surface area contributed by atoms with Gasteiger partial charge in [-0.25, -0.2) is 4.79 Å². The molecule has 31 heavy (non-hydrogen) atoms. The molecule has 1 N–H and O–H groups in total. The lowest BCUT2D eigenvalue weighted by Gasteiger charge is -2.17. The maximum Gasteiger partial charge on any atom is 0.332 e. The first-order chi connectivity index (χ1) is 14.9. The number of hydrogen-bond acceptors (Lipinski definition) is 5. The van der Waals surface area contributed by atoms with Gasteiger partial charge in [0.1, 0.15) is 6.54 Å². The quantitative estimate of drug-likeness (QED) is 0.599. The number of fused-ring (bicyclic) bond motifs is 1. The number of amides is 1. The lowest BCUT2D eigenvalue weighted by molar-refractivity contribution is -0.121. The Labute approximate surface area is 180 Å². The summed E-state index contributed by atoms with van der Waals surface area (Å²) in [4.78, 5) is 38.6. The van der Waals surface area contributed by atoms with Crippen molar-refractivity contribution < 1.29 is 14.3 Å². The Kier molecular flexibility index (Phi) is 6.79. The summed E-state index contributed by atoms with van der Waals surface area (Å²) >= 11 is 0. The minimum Gasteiger partial charge on any atom is -0.493 e. The highest BCUT2D eigenvalue weighted by atomic mass is 16.5. The highest BCUT2D eigenvalue weighted by molar-refractivity contribution is 5.81. The molecular weight excluding hydrogens is 398 g/mol. The first-order valence-electron chi connectivity index (χ1n) is 10.1. The Morgan fingerprint density at radius 2 is 1.77 bits per heavy atom. The largest absolute Gasteiger partial charge is 0.493 e. The van der Waals surface area contributed by atoms with E-state index < -0.39 is 5.69 Å². The van der Waals surface area contributed by atoms with Gasteiger partial charge in [0.05, 0.1) is 25.1 Å². The highest BCUT2D eigenvalue weighted by Crippen LogP contribution is 2.27. The number of nitrogens with one attached hydrogen (secondary N) is 1. The van der Waals surface area contributed by atoms with E-state index in [0.29, 0.717) is 28.8 Å². The number of rotatable bonds is 8. The molecule has 8 nitrogen and oxygen atoms in total. The van der Waals surface area contributed by atoms with Gasteiger partial charge in [-0.3, -0.25) is 18.7 Å². The molecule has 164 valence electrons. The minimum atomic E-state index is -0.487. The van der Waals surface area contributed by atoms with Crippen molar-refractivity contribution in [3.8, 4) is 11.5 Å². The van der Waals surface area contributed by atoms with Crippen molar-refractivity contribution in [3.05, 3.63) is 68.9 Å². The molecule has 2 aromatic carbocycles. The fourth-order valence-corrected chi connectivity index (χ4v) is 3.45. The molecule has 1 unspecified atom stereocenters. The lowest BCUT2D eigenvalue weighted by Crippen LogP contribution is -2.43. The molecule has 0 bridgehead atoms. The van der Waals surface area contributed by atoms with Crippen LogP contribution in [0.25, 0.3) is 10.9 Å². The molecule has 3 aromatic rings. The van der Waals surface area contributed by atoms with E-state index in [-0.39, 0.29) is 30.6 Å². The molecule has 1 heterocycles. The Bertz CT molecular complexity index is 1210. The molecule has 1 amide bonds. The molecule has 0 aliphatic rings. The summed E-state index contributed by atoms with van der Waals surface area (Å²) in [6.07, 6.45) is 0.624. The van der Waals surface area contributed by atoms with Crippen LogP contribution in [-0.4, -0.2) is 29.3 Å². The van der Waals surface area contributed by atoms with Crippen molar-refractivity contribution in [3.63, 3.8) is 0 Å². The van der Waals surface area contributed by atoms with Crippen LogP contribution in [-0.2, 0) is 17.9 Å². The number of hydrogen-bond donors (Lipinski definition) is 1. The zero-order valence-electron chi connectivity index (χ0n) is 18.2. The van der Waals surface area contributed by atoms with E-state index in [4.69, 9.17) is 9.47 Å². The van der Waals surface area contributed by atoms with Gasteiger partial charge < -0.3 is 14.8 Å². The van der Waals surface area contributed by atoms with Gasteiger partial charge in [-0.15, -0.1) is 0 Å². The molecule has 1 aromatic heterocycles. The Hall–Kier alpha value is -3.55. The molecular formula is C23H27N3O5. The maximum atomic E-state index is 13.1. The predicted molar refractivity (Wildman–Crippen MR) is 119 cm³/mol. The average Bonchev–Trinajstić information content (AvgIpc) is 2.80. The number of methoxy groups -OCH3 is 2. The fraction of sp³-hybridized carbons (Fsp3) is 0.348. The van der Waals surface area contributed by atoms with E-state index in [2.05, 4.69) is 5.32 Å². The highest BCUT2D eigenvalue weighted by Gasteiger charge is 2.18. The summed E-state index contributed by atoms with van der Waals surface area (Å²) in [7, 11) is 3.10. The zero-order chi connectivity index (χ0) is 22.5. The van der Waals surface area contributed by atoms with Crippen molar-refractivity contribution in [1.29, 1.82) is 0 Å². The van der Waals surface area contributed by atoms with Crippen LogP contribution in [0.3, 0.4) is 0 Å². The van der Waals surface area contributed by atoms with Gasteiger partial charge in [0.15, 0.2) is 11.5 Å². The van der Waals surface area contributed by atoms with Crippen LogP contribution >= 0.6 is 0 Å². The third kappa shape index (κ3) is 4.47. The normalized spacial score (nSPS) is 11.9. The van der Waals surface area contributed by atoms with Gasteiger partial charge >= 0.3 is 5.69 Å². The number of para-hydroxylation sites is 1. The summed E-state index contributed by atoms with van der Waals surface area (Å²) in [5.41, 5.74) is 0.447. The molecule has 0 aliphatic carbocycles. The van der Waals surface area contributed by atoms with Crippen LogP contribution in [0.15, 0.2) is 52.1 Å². The van der Waals surface area contributed by atoms with Gasteiger partial charge in [-0.05, 0) is 43.2 Å². The Morgan fingerprint density at radius 3 is 2.45 bits per heavy atom. The summed E-state index contributed by atoms with van der Waals surface area (Å²) in [5, 5.41) is 3.24. The molecule has 8 heteroatoms. The van der Waals surface area contributed by atoms with Crippen molar-refractivity contribution in [2.75, 3.05) is 14.2 Å². The number of carbonyl (C=O) groups is 1. The molecule has 0 spiro atoms. The van der Waals surface area contributed by atoms with Gasteiger partial charge in [-0.1, -0.05) is 25.1 Å². The zero-order valence-corrected chi connectivity index (χ0v) is 18.2. The third-order valence-electron chi connectivity index (χ3n) is 5.35. The average molecular weight is 425 g/mol.